The Labute approximate surface area is 191 Å². The molecule has 3 atom stereocenters. The molecule has 0 radical (unpaired) electrons. The summed E-state index contributed by atoms with van der Waals surface area (Å²) in [5.74, 6) is -4.33. The van der Waals surface area contributed by atoms with Crippen molar-refractivity contribution in [2.45, 2.75) is 50.2 Å². The number of primary amides is 1. The standard InChI is InChI=1S/C21H32N6O6/c22-9-5-4-8-14(19(30)27-16(21(32)33)11-17(24)28)26-20(31)15(25-18(29)12-23)10-13-6-2-1-3-7-13/h1-3,6-7,14-16H,4-5,8-12,22-23H2,(H2,24,28)(H,25,29)(H,26,31)(H,27,30)(H,32,33). The minimum Gasteiger partial charge on any atom is -0.480 e. The molecule has 0 aliphatic heterocycles. The number of carbonyl (C=O) groups is 5. The fourth-order valence-corrected chi connectivity index (χ4v) is 3.02. The van der Waals surface area contributed by atoms with E-state index in [-0.39, 0.29) is 19.4 Å². The Bertz CT molecular complexity index is 819. The van der Waals surface area contributed by atoms with E-state index < -0.39 is 54.1 Å². The molecule has 0 heterocycles. The molecule has 0 fully saturated rings. The molecule has 1 rings (SSSR count). The van der Waals surface area contributed by atoms with E-state index in [1.807, 2.05) is 0 Å². The van der Waals surface area contributed by atoms with Crippen LogP contribution >= 0.6 is 0 Å². The number of benzene rings is 1. The van der Waals surface area contributed by atoms with E-state index in [4.69, 9.17) is 17.2 Å². The van der Waals surface area contributed by atoms with Crippen molar-refractivity contribution >= 4 is 29.6 Å². The Kier molecular flexibility index (Phi) is 12.1. The van der Waals surface area contributed by atoms with Gasteiger partial charge in [0.2, 0.25) is 23.6 Å². The van der Waals surface area contributed by atoms with E-state index in [0.717, 1.165) is 5.56 Å². The molecule has 0 aliphatic rings. The predicted octanol–water partition coefficient (Wildman–Crippen LogP) is -2.27. The van der Waals surface area contributed by atoms with Crippen molar-refractivity contribution in [1.82, 2.24) is 16.0 Å². The van der Waals surface area contributed by atoms with Crippen molar-refractivity contribution in [2.24, 2.45) is 17.2 Å². The van der Waals surface area contributed by atoms with Crippen LogP contribution in [0.1, 0.15) is 31.2 Å². The number of rotatable bonds is 15. The van der Waals surface area contributed by atoms with Crippen molar-refractivity contribution < 1.29 is 29.1 Å². The van der Waals surface area contributed by atoms with Crippen molar-refractivity contribution in [3.05, 3.63) is 35.9 Å². The number of carboxylic acid groups (broad SMARTS) is 1. The Morgan fingerprint density at radius 3 is 2.00 bits per heavy atom. The third-order valence-electron chi connectivity index (χ3n) is 4.72. The van der Waals surface area contributed by atoms with Gasteiger partial charge in [0.25, 0.3) is 0 Å². The van der Waals surface area contributed by atoms with Crippen LogP contribution < -0.4 is 33.2 Å². The Morgan fingerprint density at radius 1 is 0.848 bits per heavy atom. The molecule has 4 amide bonds. The fraction of sp³-hybridized carbons (Fsp3) is 0.476. The maximum Gasteiger partial charge on any atom is 0.326 e. The molecular weight excluding hydrogens is 432 g/mol. The number of hydrogen-bond donors (Lipinski definition) is 7. The number of carbonyl (C=O) groups excluding carboxylic acids is 4. The van der Waals surface area contributed by atoms with E-state index >= 15 is 0 Å². The van der Waals surface area contributed by atoms with Crippen LogP contribution in [-0.2, 0) is 30.4 Å². The smallest absolute Gasteiger partial charge is 0.326 e. The molecule has 0 saturated carbocycles. The first-order valence-electron chi connectivity index (χ1n) is 10.5. The zero-order chi connectivity index (χ0) is 24.8. The van der Waals surface area contributed by atoms with Gasteiger partial charge in [0.1, 0.15) is 18.1 Å². The fourth-order valence-electron chi connectivity index (χ4n) is 3.02. The molecule has 1 aromatic rings. The summed E-state index contributed by atoms with van der Waals surface area (Å²) in [4.78, 5) is 60.1. The summed E-state index contributed by atoms with van der Waals surface area (Å²) >= 11 is 0. The molecule has 0 bridgehead atoms. The van der Waals surface area contributed by atoms with Crippen LogP contribution in [0.4, 0.5) is 0 Å². The van der Waals surface area contributed by atoms with Gasteiger partial charge in [-0.2, -0.15) is 0 Å². The van der Waals surface area contributed by atoms with Crippen molar-refractivity contribution in [3.63, 3.8) is 0 Å². The van der Waals surface area contributed by atoms with Crippen molar-refractivity contribution in [1.29, 1.82) is 0 Å². The average Bonchev–Trinajstić information content (AvgIpc) is 2.77. The molecule has 3 unspecified atom stereocenters. The second kappa shape index (κ2) is 14.5. The molecule has 0 aliphatic carbocycles. The number of nitrogens with two attached hydrogens (primary N) is 3. The zero-order valence-electron chi connectivity index (χ0n) is 18.3. The lowest BCUT2D eigenvalue weighted by Gasteiger charge is -2.24. The second-order valence-corrected chi connectivity index (χ2v) is 7.43. The quantitative estimate of drug-likeness (QED) is 0.140. The summed E-state index contributed by atoms with van der Waals surface area (Å²) in [7, 11) is 0. The summed E-state index contributed by atoms with van der Waals surface area (Å²) in [5.41, 5.74) is 16.7. The molecule has 12 heteroatoms. The first-order chi connectivity index (χ1) is 15.7. The highest BCUT2D eigenvalue weighted by Crippen LogP contribution is 2.07. The monoisotopic (exact) mass is 464 g/mol. The third kappa shape index (κ3) is 10.6. The lowest BCUT2D eigenvalue weighted by molar-refractivity contribution is -0.143. The highest BCUT2D eigenvalue weighted by molar-refractivity contribution is 5.94. The van der Waals surface area contributed by atoms with E-state index in [2.05, 4.69) is 16.0 Å². The summed E-state index contributed by atoms with van der Waals surface area (Å²) in [6.45, 7) is 0.0390. The topological polar surface area (TPSA) is 220 Å². The van der Waals surface area contributed by atoms with Gasteiger partial charge in [-0.05, 0) is 31.4 Å². The molecule has 0 aromatic heterocycles. The Morgan fingerprint density at radius 2 is 1.45 bits per heavy atom. The molecule has 12 nitrogen and oxygen atoms in total. The van der Waals surface area contributed by atoms with Crippen LogP contribution in [-0.4, -0.2) is 65.9 Å². The molecule has 33 heavy (non-hydrogen) atoms. The number of hydrogen-bond acceptors (Lipinski definition) is 7. The molecular formula is C21H32N6O6. The summed E-state index contributed by atoms with van der Waals surface area (Å²) < 4.78 is 0. The predicted molar refractivity (Wildman–Crippen MR) is 119 cm³/mol. The van der Waals surface area contributed by atoms with Crippen LogP contribution in [0.15, 0.2) is 30.3 Å². The van der Waals surface area contributed by atoms with E-state index in [9.17, 15) is 29.1 Å². The van der Waals surface area contributed by atoms with E-state index in [0.29, 0.717) is 19.4 Å². The normalized spacial score (nSPS) is 13.3. The minimum absolute atomic E-state index is 0.148. The summed E-state index contributed by atoms with van der Waals surface area (Å²) in [6, 6.07) is 5.25. The van der Waals surface area contributed by atoms with Crippen LogP contribution in [0, 0.1) is 0 Å². The lowest BCUT2D eigenvalue weighted by atomic mass is 10.0. The maximum absolute atomic E-state index is 13.0. The molecule has 0 saturated heterocycles. The van der Waals surface area contributed by atoms with Gasteiger partial charge in [-0.3, -0.25) is 19.2 Å². The second-order valence-electron chi connectivity index (χ2n) is 7.43. The van der Waals surface area contributed by atoms with E-state index in [1.165, 1.54) is 0 Å². The Hall–Kier alpha value is -3.51. The number of carboxylic acids is 1. The zero-order valence-corrected chi connectivity index (χ0v) is 18.3. The molecule has 10 N–H and O–H groups in total. The molecule has 1 aromatic carbocycles. The number of aliphatic carboxylic acids is 1. The highest BCUT2D eigenvalue weighted by atomic mass is 16.4. The average molecular weight is 465 g/mol. The van der Waals surface area contributed by atoms with Gasteiger partial charge in [0.05, 0.1) is 13.0 Å². The van der Waals surface area contributed by atoms with Gasteiger partial charge in [-0.1, -0.05) is 30.3 Å². The van der Waals surface area contributed by atoms with Gasteiger partial charge in [-0.25, -0.2) is 4.79 Å². The van der Waals surface area contributed by atoms with Gasteiger partial charge in [0.15, 0.2) is 0 Å². The number of unbranched alkanes of at least 4 members (excludes halogenated alkanes) is 1. The molecule has 0 spiro atoms. The summed E-state index contributed by atoms with van der Waals surface area (Å²) in [5, 5.41) is 16.6. The van der Waals surface area contributed by atoms with Crippen LogP contribution in [0.25, 0.3) is 0 Å². The maximum atomic E-state index is 13.0. The third-order valence-corrected chi connectivity index (χ3v) is 4.72. The van der Waals surface area contributed by atoms with Crippen molar-refractivity contribution in [3.8, 4) is 0 Å². The van der Waals surface area contributed by atoms with Gasteiger partial charge < -0.3 is 38.3 Å². The SMILES string of the molecule is NCCCCC(NC(=O)C(Cc1ccccc1)NC(=O)CN)C(=O)NC(CC(N)=O)C(=O)O. The highest BCUT2D eigenvalue weighted by Gasteiger charge is 2.30. The molecule has 182 valence electrons. The Balaban J connectivity index is 3.01. The first kappa shape index (κ1) is 27.5. The van der Waals surface area contributed by atoms with Crippen molar-refractivity contribution in [2.75, 3.05) is 13.1 Å². The number of amides is 4. The van der Waals surface area contributed by atoms with Gasteiger partial charge in [0, 0.05) is 6.42 Å². The van der Waals surface area contributed by atoms with Gasteiger partial charge >= 0.3 is 5.97 Å². The van der Waals surface area contributed by atoms with E-state index in [1.54, 1.807) is 30.3 Å². The largest absolute Gasteiger partial charge is 0.480 e. The van der Waals surface area contributed by atoms with Gasteiger partial charge in [-0.15, -0.1) is 0 Å². The first-order valence-corrected chi connectivity index (χ1v) is 10.5. The van der Waals surface area contributed by atoms with Crippen LogP contribution in [0.2, 0.25) is 0 Å². The minimum atomic E-state index is -1.54. The van der Waals surface area contributed by atoms with Crippen LogP contribution in [0.5, 0.6) is 0 Å². The summed E-state index contributed by atoms with van der Waals surface area (Å²) in [6.07, 6.45) is 0.755. The number of nitrogens with one attached hydrogen (secondary N) is 3. The lowest BCUT2D eigenvalue weighted by Crippen LogP contribution is -2.57. The van der Waals surface area contributed by atoms with Crippen LogP contribution in [0.3, 0.4) is 0 Å².